The van der Waals surface area contributed by atoms with Crippen LogP contribution in [0.25, 0.3) is 0 Å². The minimum atomic E-state index is -0.298. The number of ether oxygens (including phenoxy) is 1. The highest BCUT2D eigenvalue weighted by Gasteiger charge is 2.24. The second kappa shape index (κ2) is 6.37. The summed E-state index contributed by atoms with van der Waals surface area (Å²) in [4.78, 5) is 0.895. The highest BCUT2D eigenvalue weighted by molar-refractivity contribution is 7.10. The maximum absolute atomic E-state index is 14.2. The summed E-state index contributed by atoms with van der Waals surface area (Å²) in [6.45, 7) is 2.68. The molecule has 2 nitrogen and oxygen atoms in total. The number of rotatable bonds is 5. The van der Waals surface area contributed by atoms with Crippen LogP contribution >= 0.6 is 22.9 Å². The summed E-state index contributed by atoms with van der Waals surface area (Å²) in [5.74, 6) is 0.227. The lowest BCUT2D eigenvalue weighted by Gasteiger charge is -2.20. The van der Waals surface area contributed by atoms with Crippen molar-refractivity contribution in [2.75, 3.05) is 13.7 Å². The Hall–Kier alpha value is -1.10. The van der Waals surface area contributed by atoms with Crippen molar-refractivity contribution in [2.45, 2.75) is 13.0 Å². The average molecular weight is 300 g/mol. The highest BCUT2D eigenvalue weighted by Crippen LogP contribution is 2.37. The van der Waals surface area contributed by atoms with Crippen LogP contribution in [0.3, 0.4) is 0 Å². The third-order valence-corrected chi connectivity index (χ3v) is 4.26. The maximum Gasteiger partial charge on any atom is 0.132 e. The minimum Gasteiger partial charge on any atom is -0.496 e. The van der Waals surface area contributed by atoms with Crippen molar-refractivity contribution in [3.8, 4) is 5.75 Å². The molecule has 2 rings (SSSR count). The zero-order chi connectivity index (χ0) is 13.8. The Kier molecular flexibility index (Phi) is 4.80. The quantitative estimate of drug-likeness (QED) is 0.891. The second-order valence-corrected chi connectivity index (χ2v) is 5.33. The van der Waals surface area contributed by atoms with Crippen LogP contribution in [0, 0.1) is 5.82 Å². The van der Waals surface area contributed by atoms with E-state index in [9.17, 15) is 4.39 Å². The zero-order valence-electron chi connectivity index (χ0n) is 10.7. The molecule has 0 aliphatic carbocycles. The van der Waals surface area contributed by atoms with Gasteiger partial charge in [-0.1, -0.05) is 24.6 Å². The van der Waals surface area contributed by atoms with Crippen molar-refractivity contribution >= 4 is 22.9 Å². The molecule has 1 N–H and O–H groups in total. The lowest BCUT2D eigenvalue weighted by Crippen LogP contribution is -2.23. The first-order chi connectivity index (χ1) is 9.19. The van der Waals surface area contributed by atoms with Gasteiger partial charge in [0.25, 0.3) is 0 Å². The molecule has 0 aliphatic rings. The number of methoxy groups -OCH3 is 1. The molecule has 102 valence electrons. The van der Waals surface area contributed by atoms with Crippen LogP contribution in [0.5, 0.6) is 5.75 Å². The van der Waals surface area contributed by atoms with Crippen LogP contribution in [-0.4, -0.2) is 13.7 Å². The first kappa shape index (κ1) is 14.3. The summed E-state index contributed by atoms with van der Waals surface area (Å²) in [5.41, 5.74) is 0.496. The van der Waals surface area contributed by atoms with Gasteiger partial charge in [0.15, 0.2) is 0 Å². The monoisotopic (exact) mass is 299 g/mol. The van der Waals surface area contributed by atoms with E-state index < -0.39 is 0 Å². The largest absolute Gasteiger partial charge is 0.496 e. The molecule has 0 radical (unpaired) electrons. The molecule has 2 aromatic rings. The minimum absolute atomic E-state index is 0.297. The van der Waals surface area contributed by atoms with E-state index in [1.165, 1.54) is 24.5 Å². The van der Waals surface area contributed by atoms with Crippen molar-refractivity contribution in [1.82, 2.24) is 5.32 Å². The van der Waals surface area contributed by atoms with Gasteiger partial charge in [-0.05, 0) is 30.1 Å². The van der Waals surface area contributed by atoms with Crippen molar-refractivity contribution in [3.05, 3.63) is 50.9 Å². The van der Waals surface area contributed by atoms with E-state index in [4.69, 9.17) is 16.3 Å². The molecule has 0 amide bonds. The molecule has 0 bridgehead atoms. The van der Waals surface area contributed by atoms with Crippen LogP contribution in [0.4, 0.5) is 4.39 Å². The van der Waals surface area contributed by atoms with E-state index in [-0.39, 0.29) is 11.9 Å². The Labute approximate surface area is 121 Å². The van der Waals surface area contributed by atoms with Gasteiger partial charge in [-0.2, -0.15) is 0 Å². The van der Waals surface area contributed by atoms with Gasteiger partial charge in [-0.15, -0.1) is 11.3 Å². The van der Waals surface area contributed by atoms with Gasteiger partial charge >= 0.3 is 0 Å². The average Bonchev–Trinajstić information content (AvgIpc) is 2.82. The third-order valence-electron chi connectivity index (χ3n) is 2.84. The Balaban J connectivity index is 2.54. The summed E-state index contributed by atoms with van der Waals surface area (Å²) in [6.07, 6.45) is 0. The third kappa shape index (κ3) is 2.91. The van der Waals surface area contributed by atoms with Crippen molar-refractivity contribution in [1.29, 1.82) is 0 Å². The number of hydrogen-bond donors (Lipinski definition) is 1. The summed E-state index contributed by atoms with van der Waals surface area (Å²) in [5, 5.41) is 5.80. The van der Waals surface area contributed by atoms with Gasteiger partial charge in [0, 0.05) is 4.88 Å². The molecule has 1 aromatic heterocycles. The maximum atomic E-state index is 14.2. The lowest BCUT2D eigenvalue weighted by atomic mass is 10.0. The van der Waals surface area contributed by atoms with E-state index in [2.05, 4.69) is 5.32 Å². The van der Waals surface area contributed by atoms with Crippen molar-refractivity contribution < 1.29 is 9.13 Å². The van der Waals surface area contributed by atoms with Crippen LogP contribution < -0.4 is 10.1 Å². The molecule has 0 saturated carbocycles. The SMILES string of the molecule is CCNC(c1sccc1Cl)c1c(F)cccc1OC. The Morgan fingerprint density at radius 2 is 2.21 bits per heavy atom. The number of halogens is 2. The number of benzene rings is 1. The van der Waals surface area contributed by atoms with Gasteiger partial charge in [-0.3, -0.25) is 0 Å². The van der Waals surface area contributed by atoms with E-state index in [1.54, 1.807) is 12.1 Å². The van der Waals surface area contributed by atoms with Gasteiger partial charge < -0.3 is 10.1 Å². The molecule has 0 saturated heterocycles. The van der Waals surface area contributed by atoms with Crippen LogP contribution in [0.1, 0.15) is 23.4 Å². The van der Waals surface area contributed by atoms with Crippen molar-refractivity contribution in [3.63, 3.8) is 0 Å². The van der Waals surface area contributed by atoms with Crippen LogP contribution in [0.15, 0.2) is 29.6 Å². The van der Waals surface area contributed by atoms with E-state index in [1.807, 2.05) is 18.4 Å². The summed E-state index contributed by atoms with van der Waals surface area (Å²) in [6, 6.07) is 6.35. The molecule has 1 atom stereocenters. The highest BCUT2D eigenvalue weighted by atomic mass is 35.5. The zero-order valence-corrected chi connectivity index (χ0v) is 12.3. The Bertz CT molecular complexity index is 558. The van der Waals surface area contributed by atoms with E-state index in [0.717, 1.165) is 4.88 Å². The Morgan fingerprint density at radius 1 is 1.42 bits per heavy atom. The summed E-state index contributed by atoms with van der Waals surface area (Å²) < 4.78 is 19.4. The first-order valence-corrected chi connectivity index (χ1v) is 7.23. The summed E-state index contributed by atoms with van der Waals surface area (Å²) in [7, 11) is 1.54. The fraction of sp³-hybridized carbons (Fsp3) is 0.286. The topological polar surface area (TPSA) is 21.3 Å². The summed E-state index contributed by atoms with van der Waals surface area (Å²) >= 11 is 7.68. The fourth-order valence-corrected chi connectivity index (χ4v) is 3.27. The molecule has 5 heteroatoms. The molecular weight excluding hydrogens is 285 g/mol. The molecule has 19 heavy (non-hydrogen) atoms. The predicted octanol–water partition coefficient (Wildman–Crippen LogP) is 4.25. The van der Waals surface area contributed by atoms with Gasteiger partial charge in [0.05, 0.1) is 23.7 Å². The van der Waals surface area contributed by atoms with Crippen LogP contribution in [-0.2, 0) is 0 Å². The van der Waals surface area contributed by atoms with Gasteiger partial charge in [0.2, 0.25) is 0 Å². The predicted molar refractivity (Wildman–Crippen MR) is 77.8 cm³/mol. The standard InChI is InChI=1S/C14H15ClFNOS/c1-3-17-13(14-9(15)7-8-19-14)12-10(16)5-4-6-11(12)18-2/h4-8,13,17H,3H2,1-2H3. The van der Waals surface area contributed by atoms with Crippen molar-refractivity contribution in [2.24, 2.45) is 0 Å². The van der Waals surface area contributed by atoms with Gasteiger partial charge in [-0.25, -0.2) is 4.39 Å². The molecule has 1 heterocycles. The van der Waals surface area contributed by atoms with Gasteiger partial charge in [0.1, 0.15) is 11.6 Å². The fourth-order valence-electron chi connectivity index (χ4n) is 2.02. The lowest BCUT2D eigenvalue weighted by molar-refractivity contribution is 0.398. The molecular formula is C14H15ClFNOS. The normalized spacial score (nSPS) is 12.4. The van der Waals surface area contributed by atoms with E-state index in [0.29, 0.717) is 22.9 Å². The molecule has 0 spiro atoms. The number of nitrogens with one attached hydrogen (secondary N) is 1. The second-order valence-electron chi connectivity index (χ2n) is 3.98. The van der Waals surface area contributed by atoms with E-state index >= 15 is 0 Å². The Morgan fingerprint density at radius 3 is 2.79 bits per heavy atom. The smallest absolute Gasteiger partial charge is 0.132 e. The number of hydrogen-bond acceptors (Lipinski definition) is 3. The molecule has 0 fully saturated rings. The molecule has 0 aliphatic heterocycles. The first-order valence-electron chi connectivity index (χ1n) is 5.97. The number of thiophene rings is 1. The molecule has 1 aromatic carbocycles. The molecule has 1 unspecified atom stereocenters. The van der Waals surface area contributed by atoms with Crippen LogP contribution in [0.2, 0.25) is 5.02 Å².